The minimum Gasteiger partial charge on any atom is -0.465 e. The van der Waals surface area contributed by atoms with Gasteiger partial charge in [-0.25, -0.2) is 0 Å². The van der Waals surface area contributed by atoms with Crippen molar-refractivity contribution in [3.05, 3.63) is 35.3 Å². The highest BCUT2D eigenvalue weighted by molar-refractivity contribution is 5.84. The largest absolute Gasteiger partial charge is 0.465 e. The van der Waals surface area contributed by atoms with Gasteiger partial charge in [0.2, 0.25) is 5.91 Å². The highest BCUT2D eigenvalue weighted by Crippen LogP contribution is 2.53. The fourth-order valence-electron chi connectivity index (χ4n) is 5.30. The van der Waals surface area contributed by atoms with Crippen molar-refractivity contribution in [1.82, 2.24) is 9.80 Å². The number of allylic oxidation sites excluding steroid dienone is 2. The van der Waals surface area contributed by atoms with Crippen molar-refractivity contribution in [1.29, 1.82) is 0 Å². The Hall–Kier alpha value is -1.59. The molecule has 0 aromatic carbocycles. The Bertz CT molecular complexity index is 715. The number of amides is 1. The standard InChI is InChI=1S/C22H32N2O3/c1-16(2)8-9-22(21(25)23-10-12-26-13-11-23)14-18-5-7-20(22)24(18)15-19-6-4-17(3)27-19/h4,6,8,18,20H,5,7,9-15H2,1-3H3/t18-,20+,22+/m0/s1. The topological polar surface area (TPSA) is 45.9 Å². The number of furan rings is 1. The Morgan fingerprint density at radius 1 is 1.26 bits per heavy atom. The third-order valence-electron chi connectivity index (χ3n) is 6.61. The fourth-order valence-corrected chi connectivity index (χ4v) is 5.30. The van der Waals surface area contributed by atoms with E-state index in [1.54, 1.807) is 0 Å². The molecule has 3 aliphatic rings. The van der Waals surface area contributed by atoms with Gasteiger partial charge >= 0.3 is 0 Å². The molecule has 0 radical (unpaired) electrons. The lowest BCUT2D eigenvalue weighted by molar-refractivity contribution is -0.148. The Morgan fingerprint density at radius 3 is 2.70 bits per heavy atom. The van der Waals surface area contributed by atoms with Crippen LogP contribution in [0.3, 0.4) is 0 Å². The Kier molecular flexibility index (Phi) is 5.17. The van der Waals surface area contributed by atoms with Gasteiger partial charge in [-0.2, -0.15) is 0 Å². The van der Waals surface area contributed by atoms with Crippen LogP contribution in [-0.2, 0) is 16.1 Å². The van der Waals surface area contributed by atoms with E-state index in [-0.39, 0.29) is 5.41 Å². The third-order valence-corrected chi connectivity index (χ3v) is 6.61. The molecular formula is C22H32N2O3. The minimum atomic E-state index is -0.292. The van der Waals surface area contributed by atoms with Crippen LogP contribution < -0.4 is 0 Å². The van der Waals surface area contributed by atoms with Crippen molar-refractivity contribution >= 4 is 5.91 Å². The molecule has 4 heterocycles. The average molecular weight is 373 g/mol. The molecule has 0 aliphatic carbocycles. The molecule has 0 saturated carbocycles. The average Bonchev–Trinajstić information content (AvgIpc) is 3.34. The molecule has 0 N–H and O–H groups in total. The zero-order valence-corrected chi connectivity index (χ0v) is 16.9. The Morgan fingerprint density at radius 2 is 2.04 bits per heavy atom. The van der Waals surface area contributed by atoms with E-state index in [0.717, 1.165) is 50.4 Å². The van der Waals surface area contributed by atoms with Gasteiger partial charge in [0, 0.05) is 25.2 Å². The minimum absolute atomic E-state index is 0.292. The first-order chi connectivity index (χ1) is 13.0. The SMILES string of the molecule is CC(C)=CC[C@@]1(C(=O)N2CCOCC2)C[C@@H]2CC[C@H]1N2Cc1ccc(C)o1. The van der Waals surface area contributed by atoms with Crippen molar-refractivity contribution in [3.63, 3.8) is 0 Å². The summed E-state index contributed by atoms with van der Waals surface area (Å²) in [6, 6.07) is 4.90. The van der Waals surface area contributed by atoms with Gasteiger partial charge in [0.1, 0.15) is 11.5 Å². The first kappa shape index (κ1) is 18.8. The zero-order chi connectivity index (χ0) is 19.0. The maximum absolute atomic E-state index is 13.7. The van der Waals surface area contributed by atoms with Gasteiger partial charge in [-0.1, -0.05) is 11.6 Å². The van der Waals surface area contributed by atoms with E-state index < -0.39 is 0 Å². The van der Waals surface area contributed by atoms with Crippen LogP contribution in [0.5, 0.6) is 0 Å². The highest BCUT2D eigenvalue weighted by atomic mass is 16.5. The van der Waals surface area contributed by atoms with Crippen LogP contribution in [0.15, 0.2) is 28.2 Å². The van der Waals surface area contributed by atoms with Crippen LogP contribution in [0.4, 0.5) is 0 Å². The van der Waals surface area contributed by atoms with Gasteiger partial charge < -0.3 is 14.1 Å². The summed E-state index contributed by atoms with van der Waals surface area (Å²) in [7, 11) is 0. The Balaban J connectivity index is 1.60. The molecule has 1 aromatic heterocycles. The van der Waals surface area contributed by atoms with E-state index in [4.69, 9.17) is 9.15 Å². The monoisotopic (exact) mass is 372 g/mol. The summed E-state index contributed by atoms with van der Waals surface area (Å²) in [5, 5.41) is 0. The molecule has 3 aliphatic heterocycles. The molecular weight excluding hydrogens is 340 g/mol. The summed E-state index contributed by atoms with van der Waals surface area (Å²) < 4.78 is 11.3. The maximum atomic E-state index is 13.7. The van der Waals surface area contributed by atoms with Crippen molar-refractivity contribution < 1.29 is 13.9 Å². The number of rotatable bonds is 5. The van der Waals surface area contributed by atoms with Crippen LogP contribution in [0.1, 0.15) is 51.1 Å². The maximum Gasteiger partial charge on any atom is 0.230 e. The molecule has 3 atom stereocenters. The number of aryl methyl sites for hydroxylation is 1. The van der Waals surface area contributed by atoms with Crippen molar-refractivity contribution in [2.45, 2.75) is 65.1 Å². The number of ether oxygens (including phenoxy) is 1. The second-order valence-corrected chi connectivity index (χ2v) is 8.68. The van der Waals surface area contributed by atoms with Crippen LogP contribution in [0.25, 0.3) is 0 Å². The lowest BCUT2D eigenvalue weighted by Gasteiger charge is -2.41. The normalized spacial score (nSPS) is 30.7. The molecule has 3 saturated heterocycles. The van der Waals surface area contributed by atoms with Gasteiger partial charge in [0.15, 0.2) is 0 Å². The van der Waals surface area contributed by atoms with Crippen LogP contribution in [0, 0.1) is 12.3 Å². The van der Waals surface area contributed by atoms with Crippen LogP contribution in [0.2, 0.25) is 0 Å². The fraction of sp³-hybridized carbons (Fsp3) is 0.682. The number of hydrogen-bond donors (Lipinski definition) is 0. The lowest BCUT2D eigenvalue weighted by atomic mass is 9.70. The van der Waals surface area contributed by atoms with E-state index in [2.05, 4.69) is 35.8 Å². The smallest absolute Gasteiger partial charge is 0.230 e. The number of morpholine rings is 1. The zero-order valence-electron chi connectivity index (χ0n) is 16.9. The number of carbonyl (C=O) groups is 1. The summed E-state index contributed by atoms with van der Waals surface area (Å²) in [5.74, 6) is 2.31. The van der Waals surface area contributed by atoms with Gasteiger partial charge in [-0.15, -0.1) is 0 Å². The van der Waals surface area contributed by atoms with Gasteiger partial charge in [-0.3, -0.25) is 9.69 Å². The number of carbonyl (C=O) groups excluding carboxylic acids is 1. The van der Waals surface area contributed by atoms with E-state index in [1.807, 2.05) is 13.0 Å². The number of fused-ring (bicyclic) bond motifs is 2. The molecule has 3 fully saturated rings. The van der Waals surface area contributed by atoms with Crippen molar-refractivity contribution in [2.24, 2.45) is 5.41 Å². The highest BCUT2D eigenvalue weighted by Gasteiger charge is 2.60. The molecule has 5 nitrogen and oxygen atoms in total. The van der Waals surface area contributed by atoms with Crippen LogP contribution in [-0.4, -0.2) is 54.1 Å². The van der Waals surface area contributed by atoms with Crippen molar-refractivity contribution in [3.8, 4) is 0 Å². The molecule has 5 heteroatoms. The number of hydrogen-bond acceptors (Lipinski definition) is 4. The second-order valence-electron chi connectivity index (χ2n) is 8.68. The first-order valence-corrected chi connectivity index (χ1v) is 10.3. The Labute approximate surface area is 162 Å². The van der Waals surface area contributed by atoms with Gasteiger partial charge in [0.05, 0.1) is 25.2 Å². The molecule has 1 amide bonds. The summed E-state index contributed by atoms with van der Waals surface area (Å²) in [4.78, 5) is 18.3. The predicted molar refractivity (Wildman–Crippen MR) is 104 cm³/mol. The first-order valence-electron chi connectivity index (χ1n) is 10.3. The van der Waals surface area contributed by atoms with Crippen molar-refractivity contribution in [2.75, 3.05) is 26.3 Å². The molecule has 2 bridgehead atoms. The summed E-state index contributed by atoms with van der Waals surface area (Å²) in [6.07, 6.45) is 6.39. The third kappa shape index (κ3) is 3.47. The molecule has 4 rings (SSSR count). The molecule has 1 aromatic rings. The van der Waals surface area contributed by atoms with E-state index in [9.17, 15) is 4.79 Å². The van der Waals surface area contributed by atoms with Gasteiger partial charge in [-0.05, 0) is 58.6 Å². The molecule has 27 heavy (non-hydrogen) atoms. The second kappa shape index (κ2) is 7.44. The van der Waals surface area contributed by atoms with E-state index in [0.29, 0.717) is 31.2 Å². The number of nitrogens with zero attached hydrogens (tertiary/aromatic N) is 2. The van der Waals surface area contributed by atoms with E-state index in [1.165, 1.54) is 12.0 Å². The van der Waals surface area contributed by atoms with Gasteiger partial charge in [0.25, 0.3) is 0 Å². The quantitative estimate of drug-likeness (QED) is 0.742. The predicted octanol–water partition coefficient (Wildman–Crippen LogP) is 3.53. The summed E-state index contributed by atoms with van der Waals surface area (Å²) in [5.41, 5.74) is 0.999. The molecule has 148 valence electrons. The summed E-state index contributed by atoms with van der Waals surface area (Å²) >= 11 is 0. The molecule has 0 unspecified atom stereocenters. The van der Waals surface area contributed by atoms with E-state index >= 15 is 0 Å². The summed E-state index contributed by atoms with van der Waals surface area (Å²) in [6.45, 7) is 9.84. The lowest BCUT2D eigenvalue weighted by Crippen LogP contribution is -2.53. The molecule has 0 spiro atoms. The van der Waals surface area contributed by atoms with Crippen LogP contribution >= 0.6 is 0 Å².